The highest BCUT2D eigenvalue weighted by atomic mass is 16.5. The highest BCUT2D eigenvalue weighted by Crippen LogP contribution is 2.25. The number of benzene rings is 3. The Morgan fingerprint density at radius 1 is 0.900 bits per heavy atom. The maximum atomic E-state index is 12.8. The van der Waals surface area contributed by atoms with Gasteiger partial charge in [-0.2, -0.15) is 0 Å². The van der Waals surface area contributed by atoms with Crippen LogP contribution in [0, 0.1) is 6.92 Å². The highest BCUT2D eigenvalue weighted by molar-refractivity contribution is 6.00. The van der Waals surface area contributed by atoms with E-state index in [0.717, 1.165) is 22.4 Å². The van der Waals surface area contributed by atoms with Crippen LogP contribution in [0.4, 0.5) is 0 Å². The Hall–Kier alpha value is -3.86. The number of ether oxygens (including phenoxy) is 1. The number of carbonyl (C=O) groups is 1. The summed E-state index contributed by atoms with van der Waals surface area (Å²) in [4.78, 5) is 12.8. The smallest absolute Gasteiger partial charge is 0.257 e. The lowest BCUT2D eigenvalue weighted by molar-refractivity contribution is 0.0950. The summed E-state index contributed by atoms with van der Waals surface area (Å²) in [6, 6.07) is 27.2. The molecular weight excluding hydrogens is 376 g/mol. The van der Waals surface area contributed by atoms with E-state index >= 15 is 0 Å². The molecule has 30 heavy (non-hydrogen) atoms. The lowest BCUT2D eigenvalue weighted by Gasteiger charge is -2.08. The molecule has 0 unspecified atom stereocenters. The van der Waals surface area contributed by atoms with Crippen molar-refractivity contribution in [2.24, 2.45) is 0 Å². The largest absolute Gasteiger partial charge is 0.489 e. The van der Waals surface area contributed by atoms with Crippen molar-refractivity contribution in [3.05, 3.63) is 107 Å². The van der Waals surface area contributed by atoms with Crippen LogP contribution in [0.5, 0.6) is 5.75 Å². The number of nitrogens with zero attached hydrogens (tertiary/aromatic N) is 1. The summed E-state index contributed by atoms with van der Waals surface area (Å²) in [5.41, 5.74) is 3.94. The van der Waals surface area contributed by atoms with Crippen LogP contribution in [0.2, 0.25) is 0 Å². The summed E-state index contributed by atoms with van der Waals surface area (Å²) in [6.07, 6.45) is 0. The zero-order valence-electron chi connectivity index (χ0n) is 16.7. The van der Waals surface area contributed by atoms with Crippen LogP contribution in [0.3, 0.4) is 0 Å². The van der Waals surface area contributed by atoms with Crippen LogP contribution in [-0.2, 0) is 13.2 Å². The number of aryl methyl sites for hydroxylation is 1. The molecule has 0 aliphatic carbocycles. The van der Waals surface area contributed by atoms with Crippen LogP contribution in [0.15, 0.2) is 89.5 Å². The first-order valence-corrected chi connectivity index (χ1v) is 9.76. The van der Waals surface area contributed by atoms with E-state index in [-0.39, 0.29) is 5.91 Å². The minimum atomic E-state index is -0.205. The quantitative estimate of drug-likeness (QED) is 0.467. The fourth-order valence-corrected chi connectivity index (χ4v) is 3.14. The normalized spacial score (nSPS) is 10.6. The lowest BCUT2D eigenvalue weighted by atomic mass is 10.1. The number of para-hydroxylation sites is 1. The van der Waals surface area contributed by atoms with Gasteiger partial charge in [-0.15, -0.1) is 0 Å². The third-order valence-corrected chi connectivity index (χ3v) is 4.76. The molecule has 0 aliphatic rings. The Morgan fingerprint density at radius 3 is 2.23 bits per heavy atom. The van der Waals surface area contributed by atoms with Crippen LogP contribution >= 0.6 is 0 Å². The first-order chi connectivity index (χ1) is 14.7. The maximum absolute atomic E-state index is 12.8. The Labute approximate surface area is 175 Å². The fraction of sp³-hybridized carbons (Fsp3) is 0.120. The molecule has 1 aromatic heterocycles. The van der Waals surface area contributed by atoms with Gasteiger partial charge in [0, 0.05) is 12.1 Å². The molecule has 0 aliphatic heterocycles. The van der Waals surface area contributed by atoms with E-state index in [9.17, 15) is 4.79 Å². The fourth-order valence-electron chi connectivity index (χ4n) is 3.14. The van der Waals surface area contributed by atoms with Crippen molar-refractivity contribution in [3.63, 3.8) is 0 Å². The SMILES string of the molecule is Cc1onc(-c2ccccc2)c1C(=O)NCc1ccc(COc2ccccc2)cc1. The van der Waals surface area contributed by atoms with E-state index in [1.54, 1.807) is 6.92 Å². The molecule has 1 amide bonds. The molecule has 1 heterocycles. The van der Waals surface area contributed by atoms with Crippen LogP contribution in [-0.4, -0.2) is 11.1 Å². The Bertz CT molecular complexity index is 1100. The van der Waals surface area contributed by atoms with Crippen molar-refractivity contribution in [1.82, 2.24) is 10.5 Å². The van der Waals surface area contributed by atoms with Crippen LogP contribution in [0.1, 0.15) is 27.2 Å². The first kappa shape index (κ1) is 19.5. The van der Waals surface area contributed by atoms with Crippen molar-refractivity contribution in [3.8, 4) is 17.0 Å². The first-order valence-electron chi connectivity index (χ1n) is 9.76. The molecule has 0 bridgehead atoms. The number of carbonyl (C=O) groups excluding carboxylic acids is 1. The van der Waals surface area contributed by atoms with Crippen LogP contribution in [0.25, 0.3) is 11.3 Å². The predicted octanol–water partition coefficient (Wildman–Crippen LogP) is 5.16. The summed E-state index contributed by atoms with van der Waals surface area (Å²) in [5.74, 6) is 1.14. The third-order valence-electron chi connectivity index (χ3n) is 4.76. The van der Waals surface area contributed by atoms with Gasteiger partial charge in [-0.3, -0.25) is 4.79 Å². The van der Waals surface area contributed by atoms with Crippen molar-refractivity contribution in [1.29, 1.82) is 0 Å². The second kappa shape index (κ2) is 9.09. The second-order valence-corrected chi connectivity index (χ2v) is 6.93. The van der Waals surface area contributed by atoms with Gasteiger partial charge in [-0.1, -0.05) is 78.0 Å². The monoisotopic (exact) mass is 398 g/mol. The number of hydrogen-bond acceptors (Lipinski definition) is 4. The summed E-state index contributed by atoms with van der Waals surface area (Å²) < 4.78 is 11.0. The third kappa shape index (κ3) is 4.58. The van der Waals surface area contributed by atoms with Crippen molar-refractivity contribution >= 4 is 5.91 Å². The molecular formula is C25H22N2O3. The molecule has 0 saturated carbocycles. The number of rotatable bonds is 7. The zero-order valence-corrected chi connectivity index (χ0v) is 16.7. The van der Waals surface area contributed by atoms with Gasteiger partial charge in [-0.05, 0) is 30.2 Å². The van der Waals surface area contributed by atoms with Gasteiger partial charge in [-0.25, -0.2) is 0 Å². The molecule has 0 atom stereocenters. The average Bonchev–Trinajstić information content (AvgIpc) is 3.19. The van der Waals surface area contributed by atoms with Gasteiger partial charge in [0.15, 0.2) is 0 Å². The van der Waals surface area contributed by atoms with E-state index in [0.29, 0.717) is 30.2 Å². The van der Waals surface area contributed by atoms with Gasteiger partial charge in [0.05, 0.1) is 0 Å². The zero-order chi connectivity index (χ0) is 20.8. The second-order valence-electron chi connectivity index (χ2n) is 6.93. The number of aromatic nitrogens is 1. The van der Waals surface area contributed by atoms with Gasteiger partial charge in [0.2, 0.25) is 0 Å². The van der Waals surface area contributed by atoms with E-state index in [4.69, 9.17) is 9.26 Å². The Morgan fingerprint density at radius 2 is 1.53 bits per heavy atom. The van der Waals surface area contributed by atoms with Gasteiger partial charge in [0.1, 0.15) is 29.4 Å². The number of amides is 1. The van der Waals surface area contributed by atoms with Crippen molar-refractivity contribution < 1.29 is 14.1 Å². The standard InChI is InChI=1S/C25H22N2O3/c1-18-23(24(27-30-18)21-8-4-2-5-9-21)25(28)26-16-19-12-14-20(15-13-19)17-29-22-10-6-3-7-11-22/h2-15H,16-17H2,1H3,(H,26,28). The number of hydrogen-bond donors (Lipinski definition) is 1. The Kier molecular flexibility index (Phi) is 5.90. The minimum absolute atomic E-state index is 0.205. The molecule has 0 spiro atoms. The summed E-state index contributed by atoms with van der Waals surface area (Å²) >= 11 is 0. The van der Waals surface area contributed by atoms with E-state index in [1.807, 2.05) is 84.9 Å². The predicted molar refractivity (Wildman–Crippen MR) is 115 cm³/mol. The molecule has 5 nitrogen and oxygen atoms in total. The average molecular weight is 398 g/mol. The molecule has 5 heteroatoms. The van der Waals surface area contributed by atoms with Crippen molar-refractivity contribution in [2.45, 2.75) is 20.1 Å². The molecule has 0 radical (unpaired) electrons. The molecule has 3 aromatic carbocycles. The molecule has 0 fully saturated rings. The van der Waals surface area contributed by atoms with E-state index in [2.05, 4.69) is 10.5 Å². The molecule has 4 rings (SSSR count). The summed E-state index contributed by atoms with van der Waals surface area (Å²) in [5, 5.41) is 7.03. The maximum Gasteiger partial charge on any atom is 0.257 e. The van der Waals surface area contributed by atoms with E-state index < -0.39 is 0 Å². The lowest BCUT2D eigenvalue weighted by Crippen LogP contribution is -2.23. The van der Waals surface area contributed by atoms with Gasteiger partial charge >= 0.3 is 0 Å². The molecule has 150 valence electrons. The van der Waals surface area contributed by atoms with E-state index in [1.165, 1.54) is 0 Å². The molecule has 1 N–H and O–H groups in total. The summed E-state index contributed by atoms with van der Waals surface area (Å²) in [7, 11) is 0. The Balaban J connectivity index is 1.37. The van der Waals surface area contributed by atoms with Crippen molar-refractivity contribution in [2.75, 3.05) is 0 Å². The highest BCUT2D eigenvalue weighted by Gasteiger charge is 2.21. The number of nitrogens with one attached hydrogen (secondary N) is 1. The molecule has 0 saturated heterocycles. The molecule has 4 aromatic rings. The summed E-state index contributed by atoms with van der Waals surface area (Å²) in [6.45, 7) is 2.66. The van der Waals surface area contributed by atoms with Crippen LogP contribution < -0.4 is 10.1 Å². The topological polar surface area (TPSA) is 64.4 Å². The van der Waals surface area contributed by atoms with Gasteiger partial charge in [0.25, 0.3) is 5.91 Å². The van der Waals surface area contributed by atoms with Gasteiger partial charge < -0.3 is 14.6 Å². The minimum Gasteiger partial charge on any atom is -0.489 e.